The summed E-state index contributed by atoms with van der Waals surface area (Å²) in [5.41, 5.74) is 5.11. The van der Waals surface area contributed by atoms with E-state index in [0.717, 1.165) is 40.7 Å². The maximum Gasteiger partial charge on any atom is 0.155 e. The Morgan fingerprint density at radius 2 is 1.29 bits per heavy atom. The number of unbranched alkanes of at least 4 members (excludes halogenated alkanes) is 5. The number of aryl methyl sites for hydroxylation is 1. The summed E-state index contributed by atoms with van der Waals surface area (Å²) in [5, 5.41) is 8.36. The van der Waals surface area contributed by atoms with Crippen molar-refractivity contribution in [3.63, 3.8) is 0 Å². The smallest absolute Gasteiger partial charge is 0.155 e. The molecule has 1 N–H and O–H groups in total. The third-order valence-electron chi connectivity index (χ3n) is 7.62. The van der Waals surface area contributed by atoms with E-state index < -0.39 is 11.6 Å². The number of hydrogen-bond acceptors (Lipinski definition) is 4. The molecule has 0 aliphatic rings. The maximum atomic E-state index is 16.1. The van der Waals surface area contributed by atoms with Crippen molar-refractivity contribution in [2.75, 3.05) is 0 Å². The molecule has 251 valence electrons. The van der Waals surface area contributed by atoms with Gasteiger partial charge in [-0.3, -0.25) is 23.5 Å². The molecule has 0 atom stereocenters. The van der Waals surface area contributed by atoms with Crippen molar-refractivity contribution in [2.24, 2.45) is 0 Å². The fourth-order valence-corrected chi connectivity index (χ4v) is 5.31. The Labute approximate surface area is 296 Å². The van der Waals surface area contributed by atoms with E-state index in [1.807, 2.05) is 78.9 Å². The van der Waals surface area contributed by atoms with E-state index in [-0.39, 0.29) is 48.6 Å². The molecule has 0 saturated heterocycles. The van der Waals surface area contributed by atoms with Gasteiger partial charge in [-0.15, -0.1) is 12.1 Å². The van der Waals surface area contributed by atoms with Gasteiger partial charge in [-0.1, -0.05) is 105 Å². The van der Waals surface area contributed by atoms with E-state index >= 15 is 8.78 Å². The number of ketones is 1. The third-order valence-corrected chi connectivity index (χ3v) is 7.62. The first-order chi connectivity index (χ1) is 22.8. The Balaban J connectivity index is 0.000000706. The minimum atomic E-state index is -0.715. The van der Waals surface area contributed by atoms with Crippen molar-refractivity contribution in [1.82, 2.24) is 9.97 Å². The summed E-state index contributed by atoms with van der Waals surface area (Å²) >= 11 is 0. The number of aliphatic hydroxyl groups is 1. The van der Waals surface area contributed by atoms with Gasteiger partial charge in [0, 0.05) is 44.4 Å². The minimum absolute atomic E-state index is 0. The number of rotatable bonds is 12. The largest absolute Gasteiger partial charge is 0.512 e. The predicted molar refractivity (Wildman–Crippen MR) is 187 cm³/mol. The minimum Gasteiger partial charge on any atom is -0.512 e. The molecule has 0 spiro atoms. The van der Waals surface area contributed by atoms with E-state index in [1.165, 1.54) is 58.1 Å². The second-order valence-electron chi connectivity index (χ2n) is 11.6. The van der Waals surface area contributed by atoms with E-state index in [2.05, 4.69) is 23.0 Å². The molecule has 0 aliphatic carbocycles. The van der Waals surface area contributed by atoms with Gasteiger partial charge in [-0.25, -0.2) is 0 Å². The molecule has 7 heteroatoms. The molecule has 0 aliphatic heterocycles. The van der Waals surface area contributed by atoms with Crippen LogP contribution in [0.1, 0.15) is 64.9 Å². The standard InChI is InChI=1S/C36H33F2N2.C5H8O2.Ir/c1-2-3-4-5-6-9-14-26-24-39-36(40-25-26)32-19-20-33(37)34(35(32)38)31-22-29(27-15-10-7-11-16-27)21-30(23-31)28-17-12-8-13-18-28;1-4(6)3-5(2)7;/h7-8,10-13,15-18,20-25H,2-6,9,14H2,1H3;3,6H,1-2H3;/q-1;;. The molecule has 5 aromatic rings. The molecule has 4 aromatic carbocycles. The summed E-state index contributed by atoms with van der Waals surface area (Å²) < 4.78 is 31.4. The van der Waals surface area contributed by atoms with Crippen LogP contribution in [0, 0.1) is 17.7 Å². The number of carbonyl (C=O) groups excluding carboxylic acids is 1. The van der Waals surface area contributed by atoms with Gasteiger partial charge in [0.05, 0.1) is 17.4 Å². The Kier molecular flexibility index (Phi) is 15.5. The molecule has 48 heavy (non-hydrogen) atoms. The summed E-state index contributed by atoms with van der Waals surface area (Å²) in [5.74, 6) is -1.25. The van der Waals surface area contributed by atoms with Crippen LogP contribution in [0.2, 0.25) is 0 Å². The molecular weight excluding hydrogens is 783 g/mol. The fourth-order valence-electron chi connectivity index (χ4n) is 5.31. The van der Waals surface area contributed by atoms with Crippen LogP contribution in [0.5, 0.6) is 0 Å². The van der Waals surface area contributed by atoms with Crippen molar-refractivity contribution >= 4 is 5.78 Å². The van der Waals surface area contributed by atoms with Crippen LogP contribution in [0.3, 0.4) is 0 Å². The molecular formula is C41H41F2IrN2O2-. The summed E-state index contributed by atoms with van der Waals surface area (Å²) in [6.07, 6.45) is 12.8. The Morgan fingerprint density at radius 3 is 1.79 bits per heavy atom. The van der Waals surface area contributed by atoms with Gasteiger partial charge in [0.25, 0.3) is 0 Å². The van der Waals surface area contributed by atoms with E-state index in [0.29, 0.717) is 5.56 Å². The van der Waals surface area contributed by atoms with Crippen molar-refractivity contribution in [3.8, 4) is 44.8 Å². The summed E-state index contributed by atoms with van der Waals surface area (Å²) in [4.78, 5) is 18.9. The molecule has 1 radical (unpaired) electrons. The number of halogens is 2. The Morgan fingerprint density at radius 1 is 0.771 bits per heavy atom. The normalized spacial score (nSPS) is 10.9. The number of aromatic nitrogens is 2. The Bertz CT molecular complexity index is 1720. The summed E-state index contributed by atoms with van der Waals surface area (Å²) in [6.45, 7) is 5.06. The van der Waals surface area contributed by atoms with Gasteiger partial charge in [-0.05, 0) is 83.8 Å². The average Bonchev–Trinajstić information content (AvgIpc) is 3.07. The SMILES string of the molecule is CC(=O)C=C(C)O.CCCCCCCCc1cnc(-c2[c-]cc(F)c(-c3cc(-c4ccccc4)cc(-c4ccccc4)c3)c2F)nc1.[Ir]. The molecule has 0 fully saturated rings. The van der Waals surface area contributed by atoms with Crippen LogP contribution >= 0.6 is 0 Å². The van der Waals surface area contributed by atoms with E-state index in [4.69, 9.17) is 5.11 Å². The number of carbonyl (C=O) groups is 1. The number of benzene rings is 4. The topological polar surface area (TPSA) is 63.1 Å². The van der Waals surface area contributed by atoms with Gasteiger partial charge in [0.1, 0.15) is 0 Å². The van der Waals surface area contributed by atoms with Crippen LogP contribution in [-0.4, -0.2) is 20.9 Å². The van der Waals surface area contributed by atoms with Crippen molar-refractivity contribution < 1.29 is 38.8 Å². The van der Waals surface area contributed by atoms with Crippen LogP contribution in [0.25, 0.3) is 44.8 Å². The van der Waals surface area contributed by atoms with Gasteiger partial charge >= 0.3 is 0 Å². The third kappa shape index (κ3) is 11.1. The molecule has 5 rings (SSSR count). The maximum absolute atomic E-state index is 16.1. The second-order valence-corrected chi connectivity index (χ2v) is 11.6. The van der Waals surface area contributed by atoms with Crippen molar-refractivity contribution in [2.45, 2.75) is 65.7 Å². The van der Waals surface area contributed by atoms with Gasteiger partial charge in [0.15, 0.2) is 5.78 Å². The molecule has 1 aromatic heterocycles. The zero-order valence-electron chi connectivity index (χ0n) is 27.6. The fraction of sp³-hybridized carbons (Fsp3) is 0.244. The first-order valence-electron chi connectivity index (χ1n) is 16.1. The molecule has 4 nitrogen and oxygen atoms in total. The number of allylic oxidation sites excluding steroid dienone is 2. The monoisotopic (exact) mass is 824 g/mol. The summed E-state index contributed by atoms with van der Waals surface area (Å²) in [7, 11) is 0. The quantitative estimate of drug-likeness (QED) is 0.0589. The first kappa shape index (κ1) is 38.1. The predicted octanol–water partition coefficient (Wildman–Crippen LogP) is 11.2. The van der Waals surface area contributed by atoms with E-state index in [9.17, 15) is 4.79 Å². The van der Waals surface area contributed by atoms with Gasteiger partial charge in [0.2, 0.25) is 0 Å². The van der Waals surface area contributed by atoms with Crippen LogP contribution < -0.4 is 0 Å². The zero-order chi connectivity index (χ0) is 33.6. The molecule has 0 amide bonds. The number of nitrogens with zero attached hydrogens (tertiary/aromatic N) is 2. The first-order valence-corrected chi connectivity index (χ1v) is 16.1. The number of aliphatic hydroxyl groups excluding tert-OH is 1. The van der Waals surface area contributed by atoms with Crippen molar-refractivity contribution in [3.05, 3.63) is 132 Å². The molecule has 0 bridgehead atoms. The molecule has 1 heterocycles. The number of hydrogen-bond donors (Lipinski definition) is 1. The average molecular weight is 824 g/mol. The Hall–Kier alpha value is -4.32. The molecule has 0 saturated carbocycles. The van der Waals surface area contributed by atoms with Crippen molar-refractivity contribution in [1.29, 1.82) is 0 Å². The van der Waals surface area contributed by atoms with Gasteiger partial charge in [-0.2, -0.15) is 0 Å². The van der Waals surface area contributed by atoms with Crippen LogP contribution in [-0.2, 0) is 31.3 Å². The van der Waals surface area contributed by atoms with Crippen LogP contribution in [0.15, 0.2) is 109 Å². The van der Waals surface area contributed by atoms with E-state index in [1.54, 1.807) is 12.4 Å². The van der Waals surface area contributed by atoms with Crippen LogP contribution in [0.4, 0.5) is 8.78 Å². The summed E-state index contributed by atoms with van der Waals surface area (Å²) in [6, 6.07) is 29.3. The van der Waals surface area contributed by atoms with Gasteiger partial charge < -0.3 is 5.11 Å². The zero-order valence-corrected chi connectivity index (χ0v) is 30.0. The second kappa shape index (κ2) is 19.5. The molecule has 0 unspecified atom stereocenters.